The molecule has 3 heteroatoms. The van der Waals surface area contributed by atoms with Crippen LogP contribution in [0.25, 0.3) is 0 Å². The van der Waals surface area contributed by atoms with Crippen molar-refractivity contribution >= 4 is 5.91 Å². The van der Waals surface area contributed by atoms with E-state index < -0.39 is 0 Å². The van der Waals surface area contributed by atoms with E-state index in [1.165, 1.54) is 0 Å². The molecule has 0 saturated carbocycles. The van der Waals surface area contributed by atoms with Gasteiger partial charge < -0.3 is 10.6 Å². The Morgan fingerprint density at radius 3 is 2.40 bits per heavy atom. The Balaban J connectivity index is 3.61. The fraction of sp³-hybridized carbons (Fsp3) is 0.857. The van der Waals surface area contributed by atoms with Crippen molar-refractivity contribution in [2.45, 2.75) is 13.8 Å². The summed E-state index contributed by atoms with van der Waals surface area (Å²) in [6.07, 6.45) is 0. The van der Waals surface area contributed by atoms with Crippen LogP contribution in [0.3, 0.4) is 0 Å². The Morgan fingerprint density at radius 2 is 2.10 bits per heavy atom. The minimum absolute atomic E-state index is 0.00806. The van der Waals surface area contributed by atoms with Gasteiger partial charge in [-0.05, 0) is 5.92 Å². The lowest BCUT2D eigenvalue weighted by Crippen LogP contribution is -2.35. The third-order valence-corrected chi connectivity index (χ3v) is 1.24. The second-order valence-electron chi connectivity index (χ2n) is 2.87. The number of hydrogen-bond donors (Lipinski definition) is 1. The SMILES string of the molecule is CC(C)CN(C)C(=O)CN. The second kappa shape index (κ2) is 4.28. The van der Waals surface area contributed by atoms with Crippen LogP contribution < -0.4 is 5.73 Å². The van der Waals surface area contributed by atoms with Gasteiger partial charge in [-0.25, -0.2) is 0 Å². The predicted octanol–water partition coefficient (Wildman–Crippen LogP) is 0.0595. The first kappa shape index (κ1) is 9.43. The minimum Gasteiger partial charge on any atom is -0.344 e. The maximum atomic E-state index is 10.8. The molecular formula is C7H16N2O. The smallest absolute Gasteiger partial charge is 0.236 e. The molecule has 10 heavy (non-hydrogen) atoms. The quantitative estimate of drug-likeness (QED) is 0.608. The summed E-state index contributed by atoms with van der Waals surface area (Å²) in [4.78, 5) is 12.5. The van der Waals surface area contributed by atoms with Crippen LogP contribution in [0.2, 0.25) is 0 Å². The van der Waals surface area contributed by atoms with E-state index in [1.54, 1.807) is 11.9 Å². The largest absolute Gasteiger partial charge is 0.344 e. The van der Waals surface area contributed by atoms with Gasteiger partial charge in [-0.1, -0.05) is 13.8 Å². The van der Waals surface area contributed by atoms with Crippen LogP contribution in [0.5, 0.6) is 0 Å². The lowest BCUT2D eigenvalue weighted by molar-refractivity contribution is -0.128. The highest BCUT2D eigenvalue weighted by molar-refractivity contribution is 5.77. The van der Waals surface area contributed by atoms with Crippen molar-refractivity contribution in [1.29, 1.82) is 0 Å². The highest BCUT2D eigenvalue weighted by Crippen LogP contribution is 1.94. The molecule has 0 heterocycles. The van der Waals surface area contributed by atoms with Crippen molar-refractivity contribution in [3.05, 3.63) is 0 Å². The lowest BCUT2D eigenvalue weighted by atomic mass is 10.2. The van der Waals surface area contributed by atoms with Gasteiger partial charge in [0.25, 0.3) is 0 Å². The van der Waals surface area contributed by atoms with Gasteiger partial charge in [0.05, 0.1) is 6.54 Å². The Hall–Kier alpha value is -0.570. The maximum Gasteiger partial charge on any atom is 0.236 e. The van der Waals surface area contributed by atoms with Gasteiger partial charge >= 0.3 is 0 Å². The molecule has 60 valence electrons. The molecule has 0 radical (unpaired) electrons. The number of amides is 1. The van der Waals surface area contributed by atoms with Gasteiger partial charge in [0.2, 0.25) is 5.91 Å². The van der Waals surface area contributed by atoms with Crippen LogP contribution in [0.4, 0.5) is 0 Å². The molecule has 0 fully saturated rings. The molecule has 3 nitrogen and oxygen atoms in total. The number of carbonyl (C=O) groups is 1. The van der Waals surface area contributed by atoms with Crippen molar-refractivity contribution < 1.29 is 4.79 Å². The van der Waals surface area contributed by atoms with Crippen LogP contribution in [0.1, 0.15) is 13.8 Å². The monoisotopic (exact) mass is 144 g/mol. The van der Waals surface area contributed by atoms with Gasteiger partial charge in [-0.3, -0.25) is 4.79 Å². The highest BCUT2D eigenvalue weighted by atomic mass is 16.2. The first-order valence-corrected chi connectivity index (χ1v) is 3.52. The molecule has 0 atom stereocenters. The van der Waals surface area contributed by atoms with E-state index in [-0.39, 0.29) is 12.5 Å². The van der Waals surface area contributed by atoms with Crippen LogP contribution >= 0.6 is 0 Å². The Kier molecular flexibility index (Phi) is 4.03. The molecule has 0 spiro atoms. The summed E-state index contributed by atoms with van der Waals surface area (Å²) in [5.74, 6) is 0.522. The minimum atomic E-state index is 0.00806. The first-order valence-electron chi connectivity index (χ1n) is 3.52. The zero-order valence-electron chi connectivity index (χ0n) is 6.92. The Labute approximate surface area is 62.2 Å². The number of likely N-dealkylation sites (N-methyl/N-ethyl adjacent to an activating group) is 1. The number of rotatable bonds is 3. The van der Waals surface area contributed by atoms with Crippen molar-refractivity contribution in [2.75, 3.05) is 20.1 Å². The molecule has 2 N–H and O–H groups in total. The summed E-state index contributed by atoms with van der Waals surface area (Å²) < 4.78 is 0. The third-order valence-electron chi connectivity index (χ3n) is 1.24. The number of nitrogens with zero attached hydrogens (tertiary/aromatic N) is 1. The molecule has 0 aromatic rings. The van der Waals surface area contributed by atoms with E-state index in [2.05, 4.69) is 13.8 Å². The number of hydrogen-bond acceptors (Lipinski definition) is 2. The summed E-state index contributed by atoms with van der Waals surface area (Å²) in [5.41, 5.74) is 5.16. The van der Waals surface area contributed by atoms with Gasteiger partial charge in [0, 0.05) is 13.6 Å². The fourth-order valence-electron chi connectivity index (χ4n) is 0.805. The molecule has 0 rings (SSSR count). The van der Waals surface area contributed by atoms with Gasteiger partial charge in [-0.2, -0.15) is 0 Å². The van der Waals surface area contributed by atoms with Crippen molar-refractivity contribution in [3.8, 4) is 0 Å². The normalized spacial score (nSPS) is 10.1. The second-order valence-corrected chi connectivity index (χ2v) is 2.87. The van der Waals surface area contributed by atoms with Crippen LogP contribution in [-0.4, -0.2) is 30.9 Å². The summed E-state index contributed by atoms with van der Waals surface area (Å²) in [6.45, 7) is 5.04. The summed E-state index contributed by atoms with van der Waals surface area (Å²) >= 11 is 0. The fourth-order valence-corrected chi connectivity index (χ4v) is 0.805. The maximum absolute atomic E-state index is 10.8. The van der Waals surface area contributed by atoms with E-state index in [1.807, 2.05) is 0 Å². The summed E-state index contributed by atoms with van der Waals surface area (Å²) in [7, 11) is 1.77. The topological polar surface area (TPSA) is 46.3 Å². The molecule has 1 amide bonds. The first-order chi connectivity index (χ1) is 4.57. The standard InChI is InChI=1S/C7H16N2O/c1-6(2)5-9(3)7(10)4-8/h6H,4-5,8H2,1-3H3. The van der Waals surface area contributed by atoms with E-state index in [0.29, 0.717) is 5.92 Å². The average Bonchev–Trinajstić information content (AvgIpc) is 1.85. The number of nitrogens with two attached hydrogens (primary N) is 1. The molecule has 0 saturated heterocycles. The van der Waals surface area contributed by atoms with E-state index in [9.17, 15) is 4.79 Å². The van der Waals surface area contributed by atoms with E-state index in [0.717, 1.165) is 6.54 Å². The molecule has 0 aliphatic rings. The molecule has 0 aromatic carbocycles. The van der Waals surface area contributed by atoms with Gasteiger partial charge in [-0.15, -0.1) is 0 Å². The van der Waals surface area contributed by atoms with Crippen molar-refractivity contribution in [3.63, 3.8) is 0 Å². The van der Waals surface area contributed by atoms with Crippen LogP contribution in [-0.2, 0) is 4.79 Å². The van der Waals surface area contributed by atoms with Crippen LogP contribution in [0.15, 0.2) is 0 Å². The molecule has 0 aliphatic carbocycles. The zero-order chi connectivity index (χ0) is 8.15. The van der Waals surface area contributed by atoms with Gasteiger partial charge in [0.1, 0.15) is 0 Å². The number of carbonyl (C=O) groups excluding carboxylic acids is 1. The summed E-state index contributed by atoms with van der Waals surface area (Å²) in [5, 5.41) is 0. The summed E-state index contributed by atoms with van der Waals surface area (Å²) in [6, 6.07) is 0. The lowest BCUT2D eigenvalue weighted by Gasteiger charge is -2.17. The molecule has 0 aliphatic heterocycles. The van der Waals surface area contributed by atoms with Gasteiger partial charge in [0.15, 0.2) is 0 Å². The average molecular weight is 144 g/mol. The van der Waals surface area contributed by atoms with E-state index in [4.69, 9.17) is 5.73 Å². The molecule has 0 bridgehead atoms. The Bertz CT molecular complexity index is 112. The molecule has 0 unspecified atom stereocenters. The third kappa shape index (κ3) is 3.45. The zero-order valence-corrected chi connectivity index (χ0v) is 6.92. The molecule has 0 aromatic heterocycles. The van der Waals surface area contributed by atoms with Crippen LogP contribution in [0, 0.1) is 5.92 Å². The van der Waals surface area contributed by atoms with E-state index >= 15 is 0 Å². The Morgan fingerprint density at radius 1 is 1.60 bits per heavy atom. The highest BCUT2D eigenvalue weighted by Gasteiger charge is 2.06. The van der Waals surface area contributed by atoms with Crippen molar-refractivity contribution in [2.24, 2.45) is 11.7 Å². The molecular weight excluding hydrogens is 128 g/mol. The van der Waals surface area contributed by atoms with Crippen molar-refractivity contribution in [1.82, 2.24) is 4.90 Å². The predicted molar refractivity (Wildman–Crippen MR) is 41.5 cm³/mol.